The highest BCUT2D eigenvalue weighted by Crippen LogP contribution is 2.31. The maximum Gasteiger partial charge on any atom is 0.311 e. The van der Waals surface area contributed by atoms with Crippen molar-refractivity contribution in [3.05, 3.63) is 0 Å². The average molecular weight is 305 g/mol. The zero-order chi connectivity index (χ0) is 15.8. The van der Waals surface area contributed by atoms with Crippen molar-refractivity contribution in [2.75, 3.05) is 5.75 Å². The second-order valence-corrected chi connectivity index (χ2v) is 8.70. The normalized spacial score (nSPS) is 23.1. The van der Waals surface area contributed by atoms with E-state index in [4.69, 9.17) is 0 Å². The van der Waals surface area contributed by atoms with E-state index < -0.39 is 37.9 Å². The second kappa shape index (κ2) is 5.35. The summed E-state index contributed by atoms with van der Waals surface area (Å²) in [6.45, 7) is 6.19. The van der Waals surface area contributed by atoms with E-state index in [9.17, 15) is 23.1 Å². The molecule has 1 aliphatic rings. The molecule has 1 heterocycles. The van der Waals surface area contributed by atoms with E-state index in [2.05, 4.69) is 5.32 Å². The molecule has 0 saturated carbocycles. The van der Waals surface area contributed by atoms with Gasteiger partial charge in [-0.2, -0.15) is 0 Å². The first-order chi connectivity index (χ1) is 8.92. The van der Waals surface area contributed by atoms with Crippen molar-refractivity contribution < 1.29 is 23.1 Å². The van der Waals surface area contributed by atoms with Crippen LogP contribution in [0.25, 0.3) is 0 Å². The zero-order valence-corrected chi connectivity index (χ0v) is 13.2. The summed E-state index contributed by atoms with van der Waals surface area (Å²) in [6, 6.07) is 0. The van der Waals surface area contributed by atoms with E-state index in [1.54, 1.807) is 13.8 Å². The first kappa shape index (κ1) is 16.9. The van der Waals surface area contributed by atoms with Gasteiger partial charge in [-0.3, -0.25) is 9.59 Å². The lowest BCUT2D eigenvalue weighted by molar-refractivity contribution is -0.151. The van der Waals surface area contributed by atoms with Crippen molar-refractivity contribution >= 4 is 21.7 Å². The van der Waals surface area contributed by atoms with Crippen molar-refractivity contribution in [1.29, 1.82) is 0 Å². The number of aliphatic carboxylic acids is 1. The third kappa shape index (κ3) is 3.13. The van der Waals surface area contributed by atoms with Gasteiger partial charge in [-0.1, -0.05) is 6.42 Å². The minimum Gasteiger partial charge on any atom is -0.481 e. The molecule has 1 fully saturated rings. The third-order valence-corrected chi connectivity index (χ3v) is 6.58. The van der Waals surface area contributed by atoms with Gasteiger partial charge in [-0.05, 0) is 40.5 Å². The van der Waals surface area contributed by atoms with E-state index in [0.717, 1.165) is 0 Å². The molecule has 0 aromatic carbocycles. The Hall–Kier alpha value is -1.11. The molecule has 0 radical (unpaired) electrons. The van der Waals surface area contributed by atoms with Crippen LogP contribution in [0, 0.1) is 5.41 Å². The summed E-state index contributed by atoms with van der Waals surface area (Å²) >= 11 is 0. The number of hydrogen-bond acceptors (Lipinski definition) is 4. The molecular weight excluding hydrogens is 282 g/mol. The quantitative estimate of drug-likeness (QED) is 0.805. The summed E-state index contributed by atoms with van der Waals surface area (Å²) < 4.78 is 23.8. The van der Waals surface area contributed by atoms with Gasteiger partial charge in [-0.25, -0.2) is 8.42 Å². The molecular formula is C13H23NO5S. The van der Waals surface area contributed by atoms with Crippen LogP contribution < -0.4 is 5.32 Å². The van der Waals surface area contributed by atoms with Crippen molar-refractivity contribution in [2.24, 2.45) is 5.41 Å². The molecule has 1 aliphatic heterocycles. The molecule has 2 N–H and O–H groups in total. The Kier molecular flexibility index (Phi) is 4.53. The predicted octanol–water partition coefficient (Wildman–Crippen LogP) is 0.959. The Morgan fingerprint density at radius 3 is 2.15 bits per heavy atom. The largest absolute Gasteiger partial charge is 0.481 e. The molecule has 1 rings (SSSR count). The fourth-order valence-electron chi connectivity index (χ4n) is 2.06. The molecule has 1 unspecified atom stereocenters. The highest BCUT2D eigenvalue weighted by molar-refractivity contribution is 7.92. The van der Waals surface area contributed by atoms with E-state index in [0.29, 0.717) is 19.3 Å². The Morgan fingerprint density at radius 1 is 1.15 bits per heavy atom. The van der Waals surface area contributed by atoms with E-state index >= 15 is 0 Å². The van der Waals surface area contributed by atoms with Crippen molar-refractivity contribution in [3.8, 4) is 0 Å². The molecule has 6 nitrogen and oxygen atoms in total. The van der Waals surface area contributed by atoms with Crippen LogP contribution in [0.5, 0.6) is 0 Å². The Bertz CT molecular complexity index is 507. The maximum absolute atomic E-state index is 12.2. The zero-order valence-electron chi connectivity index (χ0n) is 12.4. The van der Waals surface area contributed by atoms with Gasteiger partial charge in [0, 0.05) is 0 Å². The average Bonchev–Trinajstić information content (AvgIpc) is 2.26. The highest BCUT2D eigenvalue weighted by Gasteiger charge is 2.46. The number of rotatable bonds is 4. The molecule has 116 valence electrons. The number of amides is 1. The number of carboxylic acids is 1. The number of carboxylic acid groups (broad SMARTS) is 1. The Labute approximate surface area is 119 Å². The molecule has 7 heteroatoms. The summed E-state index contributed by atoms with van der Waals surface area (Å²) in [7, 11) is -3.42. The molecule has 0 aromatic heterocycles. The highest BCUT2D eigenvalue weighted by atomic mass is 32.2. The number of carbonyl (C=O) groups is 2. The molecule has 20 heavy (non-hydrogen) atoms. The molecule has 1 saturated heterocycles. The van der Waals surface area contributed by atoms with Crippen LogP contribution in [-0.2, 0) is 19.4 Å². The molecule has 1 atom stereocenters. The lowest BCUT2D eigenvalue weighted by atomic mass is 9.74. The predicted molar refractivity (Wildman–Crippen MR) is 75.1 cm³/mol. The topological polar surface area (TPSA) is 101 Å². The summed E-state index contributed by atoms with van der Waals surface area (Å²) in [5, 5.41) is 10.8. The van der Waals surface area contributed by atoms with Gasteiger partial charge in [0.15, 0.2) is 9.84 Å². The number of hydrogen-bond donors (Lipinski definition) is 2. The number of carbonyl (C=O) groups excluding carboxylic acids is 1. The summed E-state index contributed by atoms with van der Waals surface area (Å²) in [5.41, 5.74) is -2.26. The van der Waals surface area contributed by atoms with Crippen molar-refractivity contribution in [1.82, 2.24) is 5.32 Å². The molecule has 0 bridgehead atoms. The Balaban J connectivity index is 2.92. The van der Waals surface area contributed by atoms with Gasteiger partial charge in [0.25, 0.3) is 0 Å². The molecule has 1 amide bonds. The first-order valence-corrected chi connectivity index (χ1v) is 8.40. The van der Waals surface area contributed by atoms with Gasteiger partial charge in [0.2, 0.25) is 5.91 Å². The van der Waals surface area contributed by atoms with Gasteiger partial charge in [0.1, 0.15) is 5.25 Å². The third-order valence-electron chi connectivity index (χ3n) is 4.40. The van der Waals surface area contributed by atoms with Crippen LogP contribution in [0.2, 0.25) is 0 Å². The maximum atomic E-state index is 12.2. The van der Waals surface area contributed by atoms with Crippen molar-refractivity contribution in [3.63, 3.8) is 0 Å². The van der Waals surface area contributed by atoms with Gasteiger partial charge >= 0.3 is 5.97 Å². The molecule has 0 spiro atoms. The first-order valence-electron chi connectivity index (χ1n) is 6.69. The van der Waals surface area contributed by atoms with Crippen LogP contribution in [0.3, 0.4) is 0 Å². The fraction of sp³-hybridized carbons (Fsp3) is 0.846. The van der Waals surface area contributed by atoms with Gasteiger partial charge in [0.05, 0.1) is 16.7 Å². The standard InChI is InChI=1S/C13H23NO5S/c1-12(2,11(16)17)13(3,4)14-10(15)9-7-5-6-8-20(9,18)19/h9H,5-8H2,1-4H3,(H,14,15)(H,16,17). The van der Waals surface area contributed by atoms with Crippen LogP contribution in [0.4, 0.5) is 0 Å². The van der Waals surface area contributed by atoms with Crippen LogP contribution in [-0.4, -0.2) is 41.9 Å². The smallest absolute Gasteiger partial charge is 0.311 e. The summed E-state index contributed by atoms with van der Waals surface area (Å²) in [6.07, 6.45) is 1.58. The minimum atomic E-state index is -3.42. The second-order valence-electron chi connectivity index (χ2n) is 6.40. The van der Waals surface area contributed by atoms with Crippen LogP contribution >= 0.6 is 0 Å². The van der Waals surface area contributed by atoms with E-state index in [1.807, 2.05) is 0 Å². The van der Waals surface area contributed by atoms with Crippen molar-refractivity contribution in [2.45, 2.75) is 57.7 Å². The van der Waals surface area contributed by atoms with E-state index in [1.165, 1.54) is 13.8 Å². The molecule has 0 aliphatic carbocycles. The SMILES string of the molecule is CC(C)(NC(=O)C1CCCCS1(=O)=O)C(C)(C)C(=O)O. The minimum absolute atomic E-state index is 0.0217. The molecule has 0 aromatic rings. The number of nitrogens with one attached hydrogen (secondary N) is 1. The monoisotopic (exact) mass is 305 g/mol. The lowest BCUT2D eigenvalue weighted by Crippen LogP contribution is -2.59. The van der Waals surface area contributed by atoms with Crippen LogP contribution in [0.15, 0.2) is 0 Å². The van der Waals surface area contributed by atoms with Crippen LogP contribution in [0.1, 0.15) is 47.0 Å². The van der Waals surface area contributed by atoms with Gasteiger partial charge in [-0.15, -0.1) is 0 Å². The summed E-state index contributed by atoms with van der Waals surface area (Å²) in [5.74, 6) is -1.62. The van der Waals surface area contributed by atoms with E-state index in [-0.39, 0.29) is 5.75 Å². The number of sulfone groups is 1. The Morgan fingerprint density at radius 2 is 1.70 bits per heavy atom. The van der Waals surface area contributed by atoms with Gasteiger partial charge < -0.3 is 10.4 Å². The summed E-state index contributed by atoms with van der Waals surface area (Å²) in [4.78, 5) is 23.5. The fourth-order valence-corrected chi connectivity index (χ4v) is 3.86. The lowest BCUT2D eigenvalue weighted by Gasteiger charge is -2.39.